The third kappa shape index (κ3) is 5.99. The Hall–Kier alpha value is -2.19. The summed E-state index contributed by atoms with van der Waals surface area (Å²) in [5.74, 6) is -1.25. The molecule has 1 heterocycles. The largest absolute Gasteiger partial charge is 0.481 e. The van der Waals surface area contributed by atoms with Crippen LogP contribution < -0.4 is 4.74 Å². The second-order valence-electron chi connectivity index (χ2n) is 6.08. The lowest BCUT2D eigenvalue weighted by Gasteiger charge is -2.35. The Balaban J connectivity index is 1.88. The maximum Gasteiger partial charge on any atom is 0.317 e. The summed E-state index contributed by atoms with van der Waals surface area (Å²) in [6, 6.07) is 5.65. The third-order valence-corrected chi connectivity index (χ3v) is 3.83. The minimum absolute atomic E-state index is 0.0904. The first kappa shape index (κ1) is 19.1. The van der Waals surface area contributed by atoms with Crippen LogP contribution in [0.4, 0.5) is 4.39 Å². The number of carbonyl (C=O) groups excluding carboxylic acids is 1. The van der Waals surface area contributed by atoms with E-state index in [9.17, 15) is 14.0 Å². The molecule has 0 spiro atoms. The van der Waals surface area contributed by atoms with Crippen molar-refractivity contribution in [1.82, 2.24) is 9.80 Å². The van der Waals surface area contributed by atoms with E-state index in [0.29, 0.717) is 32.0 Å². The second-order valence-corrected chi connectivity index (χ2v) is 6.08. The number of aliphatic carboxylic acids is 1. The molecule has 25 heavy (non-hydrogen) atoms. The van der Waals surface area contributed by atoms with Crippen LogP contribution in [0.5, 0.6) is 5.75 Å². The minimum atomic E-state index is -0.914. The van der Waals surface area contributed by atoms with Crippen LogP contribution in [-0.2, 0) is 14.3 Å². The standard InChI is InChI=1S/C17H23FN2O5/c1-12(25-14-5-3-4-13(18)8-14)17(23)20-6-7-24-15(10-20)9-19(2)11-16(21)22/h3-5,8,12,15H,6-7,9-11H2,1-2H3,(H,21,22)/t12-,15-/m0/s1. The number of amides is 1. The zero-order valence-electron chi connectivity index (χ0n) is 14.4. The molecule has 1 saturated heterocycles. The molecule has 1 aromatic carbocycles. The quantitative estimate of drug-likeness (QED) is 0.782. The van der Waals surface area contributed by atoms with Gasteiger partial charge in [0.1, 0.15) is 11.6 Å². The second kappa shape index (κ2) is 8.77. The number of hydrogen-bond acceptors (Lipinski definition) is 5. The number of carbonyl (C=O) groups is 2. The van der Waals surface area contributed by atoms with Gasteiger partial charge >= 0.3 is 5.97 Å². The molecular formula is C17H23FN2O5. The zero-order valence-corrected chi connectivity index (χ0v) is 14.4. The molecule has 0 saturated carbocycles. The summed E-state index contributed by atoms with van der Waals surface area (Å²) in [7, 11) is 1.69. The number of nitrogens with zero attached hydrogens (tertiary/aromatic N) is 2. The van der Waals surface area contributed by atoms with Gasteiger partial charge in [-0.1, -0.05) is 6.07 Å². The maximum atomic E-state index is 13.2. The summed E-state index contributed by atoms with van der Waals surface area (Å²) >= 11 is 0. The number of halogens is 1. The number of carboxylic acids is 1. The summed E-state index contributed by atoms with van der Waals surface area (Å²) < 4.78 is 24.3. The van der Waals surface area contributed by atoms with Crippen molar-refractivity contribution < 1.29 is 28.6 Å². The van der Waals surface area contributed by atoms with Gasteiger partial charge in [-0.3, -0.25) is 14.5 Å². The van der Waals surface area contributed by atoms with E-state index in [1.165, 1.54) is 18.2 Å². The van der Waals surface area contributed by atoms with Crippen molar-refractivity contribution in [2.24, 2.45) is 0 Å². The van der Waals surface area contributed by atoms with Gasteiger partial charge in [0.15, 0.2) is 6.10 Å². The Morgan fingerprint density at radius 1 is 1.52 bits per heavy atom. The first-order valence-electron chi connectivity index (χ1n) is 8.08. The van der Waals surface area contributed by atoms with E-state index in [4.69, 9.17) is 14.6 Å². The average Bonchev–Trinajstić information content (AvgIpc) is 2.53. The van der Waals surface area contributed by atoms with Crippen LogP contribution in [0.3, 0.4) is 0 Å². The SMILES string of the molecule is C[C@H](Oc1cccc(F)c1)C(=O)N1CCO[C@@H](CN(C)CC(=O)O)C1. The van der Waals surface area contributed by atoms with Gasteiger partial charge in [0.2, 0.25) is 0 Å². The molecule has 2 atom stereocenters. The third-order valence-electron chi connectivity index (χ3n) is 3.83. The molecule has 1 aliphatic rings. The van der Waals surface area contributed by atoms with Crippen molar-refractivity contribution in [1.29, 1.82) is 0 Å². The fourth-order valence-electron chi connectivity index (χ4n) is 2.73. The number of morpholine rings is 1. The van der Waals surface area contributed by atoms with Gasteiger partial charge in [0.25, 0.3) is 5.91 Å². The van der Waals surface area contributed by atoms with Gasteiger partial charge in [0.05, 0.1) is 19.3 Å². The number of likely N-dealkylation sites (N-methyl/N-ethyl adjacent to an activating group) is 1. The van der Waals surface area contributed by atoms with Crippen molar-refractivity contribution in [2.75, 3.05) is 39.8 Å². The summed E-state index contributed by atoms with van der Waals surface area (Å²) in [5.41, 5.74) is 0. The predicted octanol–water partition coefficient (Wildman–Crippen LogP) is 0.837. The minimum Gasteiger partial charge on any atom is -0.481 e. The molecule has 1 aromatic rings. The maximum absolute atomic E-state index is 13.2. The molecule has 0 unspecified atom stereocenters. The van der Waals surface area contributed by atoms with Gasteiger partial charge in [-0.05, 0) is 26.1 Å². The van der Waals surface area contributed by atoms with Gasteiger partial charge < -0.3 is 19.5 Å². The number of rotatable bonds is 7. The number of ether oxygens (including phenoxy) is 2. The van der Waals surface area contributed by atoms with Crippen molar-refractivity contribution in [3.8, 4) is 5.75 Å². The summed E-state index contributed by atoms with van der Waals surface area (Å²) in [6.07, 6.45) is -1.01. The number of carboxylic acid groups (broad SMARTS) is 1. The Bertz CT molecular complexity index is 612. The molecule has 0 aromatic heterocycles. The fourth-order valence-corrected chi connectivity index (χ4v) is 2.73. The van der Waals surface area contributed by atoms with E-state index < -0.39 is 17.9 Å². The highest BCUT2D eigenvalue weighted by Crippen LogP contribution is 2.16. The number of hydrogen-bond donors (Lipinski definition) is 1. The lowest BCUT2D eigenvalue weighted by atomic mass is 10.2. The summed E-state index contributed by atoms with van der Waals surface area (Å²) in [6.45, 7) is 3.12. The molecule has 138 valence electrons. The predicted molar refractivity (Wildman–Crippen MR) is 87.9 cm³/mol. The van der Waals surface area contributed by atoms with E-state index in [-0.39, 0.29) is 18.6 Å². The van der Waals surface area contributed by atoms with Crippen LogP contribution in [0.25, 0.3) is 0 Å². The Labute approximate surface area is 145 Å². The van der Waals surface area contributed by atoms with Crippen LogP contribution >= 0.6 is 0 Å². The van der Waals surface area contributed by atoms with Crippen molar-refractivity contribution >= 4 is 11.9 Å². The van der Waals surface area contributed by atoms with Crippen LogP contribution in [0.1, 0.15) is 6.92 Å². The van der Waals surface area contributed by atoms with E-state index in [1.54, 1.807) is 29.8 Å². The number of benzene rings is 1. The topological polar surface area (TPSA) is 79.3 Å². The average molecular weight is 354 g/mol. The molecule has 2 rings (SSSR count). The highest BCUT2D eigenvalue weighted by atomic mass is 19.1. The van der Waals surface area contributed by atoms with Gasteiger partial charge in [-0.15, -0.1) is 0 Å². The van der Waals surface area contributed by atoms with Gasteiger partial charge in [-0.2, -0.15) is 0 Å². The van der Waals surface area contributed by atoms with Gasteiger partial charge in [0, 0.05) is 25.7 Å². The Kier molecular flexibility index (Phi) is 6.72. The monoisotopic (exact) mass is 354 g/mol. The molecule has 0 radical (unpaired) electrons. The first-order valence-corrected chi connectivity index (χ1v) is 8.08. The molecule has 0 aliphatic carbocycles. The zero-order chi connectivity index (χ0) is 18.4. The molecular weight excluding hydrogens is 331 g/mol. The highest BCUT2D eigenvalue weighted by molar-refractivity contribution is 5.81. The van der Waals surface area contributed by atoms with E-state index in [0.717, 1.165) is 0 Å². The van der Waals surface area contributed by atoms with Crippen LogP contribution in [0, 0.1) is 5.82 Å². The molecule has 1 amide bonds. The van der Waals surface area contributed by atoms with Crippen LogP contribution in [0.2, 0.25) is 0 Å². The van der Waals surface area contributed by atoms with E-state index in [2.05, 4.69) is 0 Å². The Morgan fingerprint density at radius 2 is 2.28 bits per heavy atom. The Morgan fingerprint density at radius 3 is 2.96 bits per heavy atom. The lowest BCUT2D eigenvalue weighted by molar-refractivity contribution is -0.147. The highest BCUT2D eigenvalue weighted by Gasteiger charge is 2.29. The smallest absolute Gasteiger partial charge is 0.317 e. The normalized spacial score (nSPS) is 18.9. The molecule has 1 N–H and O–H groups in total. The van der Waals surface area contributed by atoms with Crippen LogP contribution in [0.15, 0.2) is 24.3 Å². The van der Waals surface area contributed by atoms with Gasteiger partial charge in [-0.25, -0.2) is 4.39 Å². The first-order chi connectivity index (χ1) is 11.8. The van der Waals surface area contributed by atoms with E-state index >= 15 is 0 Å². The molecule has 1 fully saturated rings. The van der Waals surface area contributed by atoms with Crippen molar-refractivity contribution in [3.63, 3.8) is 0 Å². The lowest BCUT2D eigenvalue weighted by Crippen LogP contribution is -2.52. The van der Waals surface area contributed by atoms with Crippen molar-refractivity contribution in [3.05, 3.63) is 30.1 Å². The molecule has 0 bridgehead atoms. The molecule has 7 nitrogen and oxygen atoms in total. The van der Waals surface area contributed by atoms with Crippen LogP contribution in [-0.4, -0.2) is 78.8 Å². The summed E-state index contributed by atoms with van der Waals surface area (Å²) in [4.78, 5) is 26.5. The van der Waals surface area contributed by atoms with Crippen molar-refractivity contribution in [2.45, 2.75) is 19.1 Å². The van der Waals surface area contributed by atoms with E-state index in [1.807, 2.05) is 0 Å². The molecule has 1 aliphatic heterocycles. The summed E-state index contributed by atoms with van der Waals surface area (Å²) in [5, 5.41) is 8.80. The molecule has 8 heteroatoms. The fraction of sp³-hybridized carbons (Fsp3) is 0.529.